The smallest absolute Gasteiger partial charge is 0.263 e. The molecule has 0 aliphatic heterocycles. The van der Waals surface area contributed by atoms with E-state index < -0.39 is 17.8 Å². The fraction of sp³-hybridized carbons (Fsp3) is 0.105. The maximum absolute atomic E-state index is 14.5. The number of alkyl halides is 2. The SMILES string of the molecule is Fc1c(-c2cnc3cnn(Cc4cncc(Cl)c4)c3c2)cccc1C(F)F. The summed E-state index contributed by atoms with van der Waals surface area (Å²) < 4.78 is 42.1. The van der Waals surface area contributed by atoms with Crippen molar-refractivity contribution in [2.75, 3.05) is 0 Å². The minimum Gasteiger partial charge on any atom is -0.263 e. The second kappa shape index (κ2) is 7.00. The molecule has 4 aromatic rings. The lowest BCUT2D eigenvalue weighted by Crippen LogP contribution is -2.02. The molecule has 3 aromatic heterocycles. The highest BCUT2D eigenvalue weighted by atomic mass is 35.5. The molecule has 27 heavy (non-hydrogen) atoms. The minimum atomic E-state index is -2.89. The second-order valence-electron chi connectivity index (χ2n) is 5.95. The summed E-state index contributed by atoms with van der Waals surface area (Å²) in [4.78, 5) is 8.31. The Hall–Kier alpha value is -2.93. The van der Waals surface area contributed by atoms with Gasteiger partial charge in [0.15, 0.2) is 0 Å². The van der Waals surface area contributed by atoms with Gasteiger partial charge in [-0.05, 0) is 17.7 Å². The summed E-state index contributed by atoms with van der Waals surface area (Å²) in [6, 6.07) is 7.38. The van der Waals surface area contributed by atoms with Crippen molar-refractivity contribution >= 4 is 22.6 Å². The van der Waals surface area contributed by atoms with Crippen LogP contribution in [0.4, 0.5) is 13.2 Å². The van der Waals surface area contributed by atoms with Crippen LogP contribution >= 0.6 is 11.6 Å². The van der Waals surface area contributed by atoms with E-state index in [0.29, 0.717) is 28.2 Å². The molecule has 0 fully saturated rings. The quantitative estimate of drug-likeness (QED) is 0.478. The summed E-state index contributed by atoms with van der Waals surface area (Å²) in [5, 5.41) is 4.80. The van der Waals surface area contributed by atoms with Gasteiger partial charge in [0.05, 0.1) is 28.8 Å². The van der Waals surface area contributed by atoms with Gasteiger partial charge in [0.2, 0.25) is 0 Å². The van der Waals surface area contributed by atoms with Crippen molar-refractivity contribution in [1.82, 2.24) is 19.7 Å². The van der Waals surface area contributed by atoms with Gasteiger partial charge in [-0.3, -0.25) is 14.6 Å². The molecule has 0 spiro atoms. The molecule has 8 heteroatoms. The number of rotatable bonds is 4. The predicted molar refractivity (Wildman–Crippen MR) is 96.2 cm³/mol. The van der Waals surface area contributed by atoms with Crippen molar-refractivity contribution in [3.8, 4) is 11.1 Å². The van der Waals surface area contributed by atoms with Crippen LogP contribution in [0.2, 0.25) is 5.02 Å². The molecular formula is C19H12ClF3N4. The van der Waals surface area contributed by atoms with E-state index in [0.717, 1.165) is 11.6 Å². The van der Waals surface area contributed by atoms with Gasteiger partial charge in [0, 0.05) is 29.7 Å². The molecule has 4 nitrogen and oxygen atoms in total. The number of benzene rings is 1. The molecule has 0 bridgehead atoms. The van der Waals surface area contributed by atoms with E-state index in [1.165, 1.54) is 24.5 Å². The van der Waals surface area contributed by atoms with Crippen LogP contribution in [-0.2, 0) is 6.54 Å². The first-order valence-corrected chi connectivity index (χ1v) is 8.38. The average Bonchev–Trinajstić information content (AvgIpc) is 3.04. The zero-order chi connectivity index (χ0) is 19.0. The summed E-state index contributed by atoms with van der Waals surface area (Å²) in [7, 11) is 0. The topological polar surface area (TPSA) is 43.6 Å². The number of nitrogens with zero attached hydrogens (tertiary/aromatic N) is 4. The average molecular weight is 389 g/mol. The first-order chi connectivity index (χ1) is 13.0. The maximum atomic E-state index is 14.5. The van der Waals surface area contributed by atoms with Crippen LogP contribution < -0.4 is 0 Å². The lowest BCUT2D eigenvalue weighted by Gasteiger charge is -2.09. The van der Waals surface area contributed by atoms with Crippen molar-refractivity contribution in [2.24, 2.45) is 0 Å². The molecule has 3 heterocycles. The lowest BCUT2D eigenvalue weighted by atomic mass is 10.0. The molecule has 0 N–H and O–H groups in total. The third-order valence-electron chi connectivity index (χ3n) is 4.16. The van der Waals surface area contributed by atoms with E-state index in [9.17, 15) is 13.2 Å². The third-order valence-corrected chi connectivity index (χ3v) is 4.37. The van der Waals surface area contributed by atoms with Crippen molar-refractivity contribution in [1.29, 1.82) is 0 Å². The monoisotopic (exact) mass is 388 g/mol. The van der Waals surface area contributed by atoms with Gasteiger partial charge in [-0.1, -0.05) is 29.8 Å². The summed E-state index contributed by atoms with van der Waals surface area (Å²) in [5.74, 6) is -0.946. The van der Waals surface area contributed by atoms with Gasteiger partial charge in [0.1, 0.15) is 11.3 Å². The minimum absolute atomic E-state index is 0.0689. The fourth-order valence-electron chi connectivity index (χ4n) is 2.89. The van der Waals surface area contributed by atoms with Crippen LogP contribution in [0.1, 0.15) is 17.6 Å². The van der Waals surface area contributed by atoms with Crippen LogP contribution in [0.3, 0.4) is 0 Å². The third kappa shape index (κ3) is 3.38. The Kier molecular flexibility index (Phi) is 4.53. The summed E-state index contributed by atoms with van der Waals surface area (Å²) >= 11 is 5.96. The van der Waals surface area contributed by atoms with Crippen LogP contribution in [0, 0.1) is 5.82 Å². The van der Waals surface area contributed by atoms with E-state index in [-0.39, 0.29) is 5.56 Å². The molecule has 0 aliphatic rings. The summed E-state index contributed by atoms with van der Waals surface area (Å²) in [6.45, 7) is 0.391. The predicted octanol–water partition coefficient (Wildman–Crippen LogP) is 5.27. The largest absolute Gasteiger partial charge is 0.266 e. The fourth-order valence-corrected chi connectivity index (χ4v) is 3.08. The number of aromatic nitrogens is 4. The van der Waals surface area contributed by atoms with Gasteiger partial charge in [-0.2, -0.15) is 5.10 Å². The van der Waals surface area contributed by atoms with E-state index in [1.807, 2.05) is 0 Å². The lowest BCUT2D eigenvalue weighted by molar-refractivity contribution is 0.146. The molecule has 136 valence electrons. The van der Waals surface area contributed by atoms with Crippen LogP contribution in [0.5, 0.6) is 0 Å². The normalized spacial score (nSPS) is 11.4. The Morgan fingerprint density at radius 1 is 1.07 bits per heavy atom. The van der Waals surface area contributed by atoms with Gasteiger partial charge in [-0.15, -0.1) is 0 Å². The van der Waals surface area contributed by atoms with E-state index in [1.54, 1.807) is 29.2 Å². The Morgan fingerprint density at radius 3 is 2.70 bits per heavy atom. The molecule has 0 aliphatic carbocycles. The van der Waals surface area contributed by atoms with Gasteiger partial charge < -0.3 is 0 Å². The number of hydrogen-bond acceptors (Lipinski definition) is 3. The highest BCUT2D eigenvalue weighted by Crippen LogP contribution is 2.31. The van der Waals surface area contributed by atoms with Crippen LogP contribution in [0.25, 0.3) is 22.2 Å². The molecule has 0 atom stereocenters. The van der Waals surface area contributed by atoms with Crippen molar-refractivity contribution in [3.05, 3.63) is 77.1 Å². The van der Waals surface area contributed by atoms with Crippen molar-refractivity contribution < 1.29 is 13.2 Å². The molecule has 0 amide bonds. The van der Waals surface area contributed by atoms with Gasteiger partial charge in [-0.25, -0.2) is 13.2 Å². The number of halogens is 4. The Balaban J connectivity index is 1.78. The first kappa shape index (κ1) is 17.5. The van der Waals surface area contributed by atoms with Gasteiger partial charge in [0.25, 0.3) is 6.43 Å². The van der Waals surface area contributed by atoms with Crippen LogP contribution in [-0.4, -0.2) is 19.7 Å². The molecule has 0 radical (unpaired) electrons. The standard InChI is InChI=1S/C19H12ClF3N4/c20-13-4-11(6-24-8-13)10-27-17-5-12(7-25-16(17)9-26-27)14-2-1-3-15(18(14)21)19(22)23/h1-9,19H,10H2. The molecule has 0 saturated carbocycles. The zero-order valence-electron chi connectivity index (χ0n) is 13.8. The van der Waals surface area contributed by atoms with E-state index in [2.05, 4.69) is 15.1 Å². The van der Waals surface area contributed by atoms with E-state index >= 15 is 0 Å². The number of pyridine rings is 2. The molecule has 0 saturated heterocycles. The maximum Gasteiger partial charge on any atom is 0.266 e. The Morgan fingerprint density at radius 2 is 1.93 bits per heavy atom. The summed E-state index contributed by atoms with van der Waals surface area (Å²) in [5.41, 5.74) is 1.93. The van der Waals surface area contributed by atoms with Crippen molar-refractivity contribution in [3.63, 3.8) is 0 Å². The zero-order valence-corrected chi connectivity index (χ0v) is 14.5. The summed E-state index contributed by atoms with van der Waals surface area (Å²) in [6.07, 6.45) is 3.35. The number of hydrogen-bond donors (Lipinski definition) is 0. The molecule has 0 unspecified atom stereocenters. The first-order valence-electron chi connectivity index (χ1n) is 8.01. The second-order valence-corrected chi connectivity index (χ2v) is 6.39. The van der Waals surface area contributed by atoms with Crippen molar-refractivity contribution in [2.45, 2.75) is 13.0 Å². The molecular weight excluding hydrogens is 377 g/mol. The Labute approximate surface area is 157 Å². The van der Waals surface area contributed by atoms with E-state index in [4.69, 9.17) is 11.6 Å². The Bertz CT molecular complexity index is 1130. The molecule has 4 rings (SSSR count). The number of fused-ring (bicyclic) bond motifs is 1. The molecule has 1 aromatic carbocycles. The van der Waals surface area contributed by atoms with Crippen LogP contribution in [0.15, 0.2) is 55.1 Å². The van der Waals surface area contributed by atoms with Gasteiger partial charge >= 0.3 is 0 Å². The highest BCUT2D eigenvalue weighted by molar-refractivity contribution is 6.30. The highest BCUT2D eigenvalue weighted by Gasteiger charge is 2.18.